The molecule has 102 valence electrons. The summed E-state index contributed by atoms with van der Waals surface area (Å²) in [5.74, 6) is -0.989. The predicted molar refractivity (Wildman–Crippen MR) is 68.4 cm³/mol. The van der Waals surface area contributed by atoms with Crippen LogP contribution in [-0.4, -0.2) is 29.6 Å². The van der Waals surface area contributed by atoms with Crippen LogP contribution in [-0.2, 0) is 19.1 Å². The Balaban J connectivity index is 1.96. The summed E-state index contributed by atoms with van der Waals surface area (Å²) >= 11 is 0. The average molecular weight is 262 g/mol. The van der Waals surface area contributed by atoms with Crippen molar-refractivity contribution in [2.75, 3.05) is 0 Å². The Kier molecular flexibility index (Phi) is 2.68. The number of carbonyl (C=O) groups excluding carboxylic acids is 2. The van der Waals surface area contributed by atoms with Crippen molar-refractivity contribution in [3.8, 4) is 0 Å². The first-order valence-electron chi connectivity index (χ1n) is 6.68. The molecule has 2 heterocycles. The number of hydrogen-bond acceptors (Lipinski definition) is 4. The van der Waals surface area contributed by atoms with Crippen LogP contribution in [0.2, 0.25) is 0 Å². The lowest BCUT2D eigenvalue weighted by atomic mass is 9.83. The van der Waals surface area contributed by atoms with Crippen molar-refractivity contribution in [2.45, 2.75) is 50.9 Å². The summed E-state index contributed by atoms with van der Waals surface area (Å²) in [6, 6.07) is 0. The molecule has 0 bridgehead atoms. The molecule has 0 saturated carbocycles. The number of carbonyl (C=O) groups is 2. The molecule has 0 aromatic carbocycles. The minimum atomic E-state index is -0.541. The highest BCUT2D eigenvalue weighted by Gasteiger charge is 2.62. The van der Waals surface area contributed by atoms with Gasteiger partial charge in [0.25, 0.3) is 0 Å². The lowest BCUT2D eigenvalue weighted by Gasteiger charge is -2.18. The Morgan fingerprint density at radius 2 is 2.16 bits per heavy atom. The van der Waals surface area contributed by atoms with E-state index in [4.69, 9.17) is 9.47 Å². The van der Waals surface area contributed by atoms with Crippen molar-refractivity contribution in [1.82, 2.24) is 0 Å². The molecule has 4 atom stereocenters. The molecule has 0 N–H and O–H groups in total. The van der Waals surface area contributed by atoms with Crippen molar-refractivity contribution in [3.05, 3.63) is 23.8 Å². The smallest absolute Gasteiger partial charge is 0.334 e. The fraction of sp³-hybridized carbons (Fsp3) is 0.600. The van der Waals surface area contributed by atoms with E-state index in [0.717, 1.165) is 18.4 Å². The van der Waals surface area contributed by atoms with Gasteiger partial charge in [0, 0.05) is 12.0 Å². The second-order valence-corrected chi connectivity index (χ2v) is 5.96. The molecule has 4 nitrogen and oxygen atoms in total. The van der Waals surface area contributed by atoms with E-state index in [1.54, 1.807) is 0 Å². The van der Waals surface area contributed by atoms with Gasteiger partial charge in [0.15, 0.2) is 0 Å². The molecular formula is C15H18O4. The standard InChI is InChI=1S/C15H18O4/c1-8-5-4-6-15(3)13(19-15)12-11(10(16)7-8)9(2)14(17)18-12/h5,11-13H,2,4,6-7H2,1,3H3/b8-5+. The summed E-state index contributed by atoms with van der Waals surface area (Å²) in [6.45, 7) is 7.69. The zero-order valence-corrected chi connectivity index (χ0v) is 11.3. The van der Waals surface area contributed by atoms with Gasteiger partial charge in [-0.25, -0.2) is 4.79 Å². The highest BCUT2D eigenvalue weighted by molar-refractivity contribution is 6.01. The van der Waals surface area contributed by atoms with Crippen LogP contribution >= 0.6 is 0 Å². The van der Waals surface area contributed by atoms with Gasteiger partial charge in [-0.2, -0.15) is 0 Å². The molecule has 0 aromatic heterocycles. The van der Waals surface area contributed by atoms with Crippen LogP contribution in [0.3, 0.4) is 0 Å². The molecule has 0 radical (unpaired) electrons. The van der Waals surface area contributed by atoms with E-state index in [-0.39, 0.29) is 23.1 Å². The molecule has 19 heavy (non-hydrogen) atoms. The monoisotopic (exact) mass is 262 g/mol. The van der Waals surface area contributed by atoms with Crippen LogP contribution in [0.5, 0.6) is 0 Å². The van der Waals surface area contributed by atoms with Gasteiger partial charge in [-0.3, -0.25) is 4.79 Å². The third-order valence-electron chi connectivity index (χ3n) is 4.38. The van der Waals surface area contributed by atoms with Gasteiger partial charge in [-0.1, -0.05) is 18.2 Å². The molecule has 2 saturated heterocycles. The van der Waals surface area contributed by atoms with E-state index in [2.05, 4.69) is 12.7 Å². The third-order valence-corrected chi connectivity index (χ3v) is 4.38. The van der Waals surface area contributed by atoms with Gasteiger partial charge in [0.1, 0.15) is 18.0 Å². The molecule has 4 heteroatoms. The van der Waals surface area contributed by atoms with Crippen LogP contribution in [0.15, 0.2) is 23.8 Å². The lowest BCUT2D eigenvalue weighted by molar-refractivity contribution is -0.140. The molecule has 3 rings (SSSR count). The number of epoxide rings is 1. The van der Waals surface area contributed by atoms with Gasteiger partial charge in [-0.15, -0.1) is 0 Å². The van der Waals surface area contributed by atoms with Gasteiger partial charge < -0.3 is 9.47 Å². The fourth-order valence-corrected chi connectivity index (χ4v) is 3.14. The molecule has 1 aliphatic carbocycles. The SMILES string of the molecule is C=C1C(=O)OC2C1C(=O)C/C(C)=C/CCC1(C)OC21. The highest BCUT2D eigenvalue weighted by Crippen LogP contribution is 2.49. The van der Waals surface area contributed by atoms with Crippen molar-refractivity contribution >= 4 is 11.8 Å². The number of allylic oxidation sites excluding steroid dienone is 2. The minimum absolute atomic E-state index is 0.00866. The number of esters is 1. The Labute approximate surface area is 112 Å². The molecule has 3 aliphatic rings. The first-order chi connectivity index (χ1) is 8.92. The molecule has 0 aromatic rings. The molecular weight excluding hydrogens is 244 g/mol. The van der Waals surface area contributed by atoms with E-state index in [0.29, 0.717) is 6.42 Å². The summed E-state index contributed by atoms with van der Waals surface area (Å²) < 4.78 is 11.1. The number of fused-ring (bicyclic) bond motifs is 3. The molecule has 0 spiro atoms. The highest BCUT2D eigenvalue weighted by atomic mass is 16.6. The van der Waals surface area contributed by atoms with E-state index in [1.165, 1.54) is 0 Å². The van der Waals surface area contributed by atoms with Crippen LogP contribution in [0.1, 0.15) is 33.1 Å². The van der Waals surface area contributed by atoms with Gasteiger partial charge in [0.05, 0.1) is 11.5 Å². The summed E-state index contributed by atoms with van der Waals surface area (Å²) in [5, 5.41) is 0. The lowest BCUT2D eigenvalue weighted by Crippen LogP contribution is -2.33. The van der Waals surface area contributed by atoms with Crippen molar-refractivity contribution in [1.29, 1.82) is 0 Å². The number of Topliss-reactive ketones (excluding diaryl/α,β-unsaturated/α-hetero) is 1. The third kappa shape index (κ3) is 1.94. The fourth-order valence-electron chi connectivity index (χ4n) is 3.14. The van der Waals surface area contributed by atoms with Gasteiger partial charge >= 0.3 is 5.97 Å². The number of ether oxygens (including phenoxy) is 2. The van der Waals surface area contributed by atoms with Crippen molar-refractivity contribution < 1.29 is 19.1 Å². The Morgan fingerprint density at radius 1 is 1.42 bits per heavy atom. The topological polar surface area (TPSA) is 55.9 Å². The normalized spacial score (nSPS) is 44.8. The summed E-state index contributed by atoms with van der Waals surface area (Å²) in [6.07, 6.45) is 3.57. The Bertz CT molecular complexity index is 504. The number of hydrogen-bond donors (Lipinski definition) is 0. The first kappa shape index (κ1) is 12.6. The van der Waals surface area contributed by atoms with Crippen LogP contribution in [0, 0.1) is 5.92 Å². The zero-order chi connectivity index (χ0) is 13.8. The Hall–Kier alpha value is -1.42. The largest absolute Gasteiger partial charge is 0.455 e. The van der Waals surface area contributed by atoms with Crippen LogP contribution in [0.4, 0.5) is 0 Å². The van der Waals surface area contributed by atoms with Gasteiger partial charge in [-0.05, 0) is 26.7 Å². The second-order valence-electron chi connectivity index (χ2n) is 5.96. The molecule has 2 aliphatic heterocycles. The number of rotatable bonds is 0. The Morgan fingerprint density at radius 3 is 2.89 bits per heavy atom. The molecule has 0 amide bonds. The molecule has 4 unspecified atom stereocenters. The van der Waals surface area contributed by atoms with Crippen molar-refractivity contribution in [2.24, 2.45) is 5.92 Å². The van der Waals surface area contributed by atoms with E-state index in [9.17, 15) is 9.59 Å². The summed E-state index contributed by atoms with van der Waals surface area (Å²) in [4.78, 5) is 24.0. The number of ketones is 1. The first-order valence-corrected chi connectivity index (χ1v) is 6.68. The van der Waals surface area contributed by atoms with Gasteiger partial charge in [0.2, 0.25) is 0 Å². The maximum atomic E-state index is 12.4. The second kappa shape index (κ2) is 4.04. The van der Waals surface area contributed by atoms with E-state index < -0.39 is 18.0 Å². The van der Waals surface area contributed by atoms with E-state index >= 15 is 0 Å². The zero-order valence-electron chi connectivity index (χ0n) is 11.3. The minimum Gasteiger partial charge on any atom is -0.455 e. The maximum Gasteiger partial charge on any atom is 0.334 e. The van der Waals surface area contributed by atoms with Crippen LogP contribution < -0.4 is 0 Å². The molecule has 2 fully saturated rings. The predicted octanol–water partition coefficient (Wildman–Crippen LogP) is 1.94. The summed E-state index contributed by atoms with van der Waals surface area (Å²) in [5.41, 5.74) is 1.04. The summed E-state index contributed by atoms with van der Waals surface area (Å²) in [7, 11) is 0. The quantitative estimate of drug-likeness (QED) is 0.290. The van der Waals surface area contributed by atoms with Crippen LogP contribution in [0.25, 0.3) is 0 Å². The van der Waals surface area contributed by atoms with Crippen molar-refractivity contribution in [3.63, 3.8) is 0 Å². The maximum absolute atomic E-state index is 12.4. The van der Waals surface area contributed by atoms with E-state index in [1.807, 2.05) is 13.8 Å². The average Bonchev–Trinajstić information content (AvgIpc) is 2.89.